The van der Waals surface area contributed by atoms with Crippen molar-refractivity contribution in [3.8, 4) is 22.6 Å². The maximum absolute atomic E-state index is 11.2. The van der Waals surface area contributed by atoms with E-state index in [4.69, 9.17) is 26.2 Å². The molecule has 2 heterocycles. The molecule has 10 heteroatoms. The Morgan fingerprint density at radius 1 is 1.12 bits per heavy atom. The average molecular weight is 498 g/mol. The van der Waals surface area contributed by atoms with Gasteiger partial charge < -0.3 is 30.3 Å². The quantitative estimate of drug-likeness (QED) is 0.282. The summed E-state index contributed by atoms with van der Waals surface area (Å²) < 4.78 is 16.7. The van der Waals surface area contributed by atoms with Crippen molar-refractivity contribution >= 4 is 56.4 Å². The Morgan fingerprint density at radius 3 is 2.74 bits per heavy atom. The highest BCUT2D eigenvalue weighted by Gasteiger charge is 2.18. The molecule has 1 aliphatic rings. The predicted molar refractivity (Wildman–Crippen MR) is 133 cm³/mol. The van der Waals surface area contributed by atoms with Gasteiger partial charge in [0, 0.05) is 16.6 Å². The number of hydrogen-bond acceptors (Lipinski definition) is 8. The minimum Gasteiger partial charge on any atom is -0.486 e. The first-order valence-electron chi connectivity index (χ1n) is 10.5. The molecule has 34 heavy (non-hydrogen) atoms. The maximum Gasteiger partial charge on any atom is 0.328 e. The maximum atomic E-state index is 11.2. The number of ether oxygens (including phenoxy) is 2. The number of aromatic nitrogens is 1. The van der Waals surface area contributed by atoms with Crippen LogP contribution in [0.3, 0.4) is 0 Å². The smallest absolute Gasteiger partial charge is 0.328 e. The van der Waals surface area contributed by atoms with Gasteiger partial charge in [-0.25, -0.2) is 4.79 Å². The van der Waals surface area contributed by atoms with E-state index in [0.29, 0.717) is 41.2 Å². The Balaban J connectivity index is 1.41. The minimum atomic E-state index is -1.12. The average Bonchev–Trinajstić information content (AvgIpc) is 3.25. The fourth-order valence-corrected chi connectivity index (χ4v) is 4.75. The van der Waals surface area contributed by atoms with E-state index in [1.165, 1.54) is 11.5 Å². The molecule has 0 saturated heterocycles. The Labute approximate surface area is 203 Å². The number of nitrogens with one attached hydrogen (secondary N) is 2. The number of nitrogens with zero attached hydrogens (tertiary/aromatic N) is 1. The van der Waals surface area contributed by atoms with Gasteiger partial charge in [0.05, 0.1) is 22.0 Å². The van der Waals surface area contributed by atoms with Crippen LogP contribution < -0.4 is 20.1 Å². The largest absolute Gasteiger partial charge is 0.486 e. The number of halogens is 1. The molecule has 1 aromatic heterocycles. The van der Waals surface area contributed by atoms with Gasteiger partial charge in [-0.3, -0.25) is 0 Å². The predicted octanol–water partition coefficient (Wildman–Crippen LogP) is 4.99. The van der Waals surface area contributed by atoms with Crippen LogP contribution in [0.25, 0.3) is 21.2 Å². The zero-order valence-corrected chi connectivity index (χ0v) is 19.3. The van der Waals surface area contributed by atoms with E-state index in [9.17, 15) is 9.90 Å². The number of rotatable bonds is 7. The van der Waals surface area contributed by atoms with Crippen LogP contribution in [0.4, 0.5) is 17.2 Å². The standard InChI is InChI=1S/C24H20ClN3O5S/c25-22-15(13-4-7-19-20(10-13)33-9-8-32-19)2-1-3-17(22)27-23-16-6-5-14(11-21(16)34-28-23)26-18(12-29)24(30)31/h1-7,10-11,18,26,29H,8-9,12H2,(H,27,28)(H,30,31). The highest BCUT2D eigenvalue weighted by Crippen LogP contribution is 2.40. The van der Waals surface area contributed by atoms with Gasteiger partial charge in [-0.15, -0.1) is 0 Å². The first kappa shape index (κ1) is 22.3. The summed E-state index contributed by atoms with van der Waals surface area (Å²) in [5.74, 6) is 0.933. The highest BCUT2D eigenvalue weighted by atomic mass is 35.5. The zero-order valence-electron chi connectivity index (χ0n) is 17.7. The number of anilines is 3. The van der Waals surface area contributed by atoms with Crippen LogP contribution in [0, 0.1) is 0 Å². The van der Waals surface area contributed by atoms with Crippen LogP contribution in [0.1, 0.15) is 0 Å². The number of hydrogen-bond donors (Lipinski definition) is 4. The summed E-state index contributed by atoms with van der Waals surface area (Å²) in [6.07, 6.45) is 0. The molecular formula is C24H20ClN3O5S. The molecule has 174 valence electrons. The molecule has 1 aliphatic heterocycles. The number of benzene rings is 3. The third kappa shape index (κ3) is 4.33. The summed E-state index contributed by atoms with van der Waals surface area (Å²) in [5.41, 5.74) is 3.05. The first-order chi connectivity index (χ1) is 16.5. The van der Waals surface area contributed by atoms with Gasteiger partial charge in [-0.05, 0) is 53.5 Å². The number of carboxylic acid groups (broad SMARTS) is 1. The molecule has 0 fully saturated rings. The minimum absolute atomic E-state index is 0.511. The molecule has 1 unspecified atom stereocenters. The molecule has 0 bridgehead atoms. The Bertz CT molecular complexity index is 1380. The van der Waals surface area contributed by atoms with Crippen LogP contribution in [-0.2, 0) is 4.79 Å². The van der Waals surface area contributed by atoms with Crippen LogP contribution in [0.2, 0.25) is 5.02 Å². The van der Waals surface area contributed by atoms with Gasteiger partial charge in [0.2, 0.25) is 0 Å². The summed E-state index contributed by atoms with van der Waals surface area (Å²) in [6.45, 7) is 0.533. The molecule has 5 rings (SSSR count). The van der Waals surface area contributed by atoms with Crippen molar-refractivity contribution in [2.45, 2.75) is 6.04 Å². The summed E-state index contributed by atoms with van der Waals surface area (Å²) in [5, 5.41) is 25.9. The van der Waals surface area contributed by atoms with Gasteiger partial charge in [-0.2, -0.15) is 4.37 Å². The molecule has 0 spiro atoms. The van der Waals surface area contributed by atoms with E-state index >= 15 is 0 Å². The number of carboxylic acids is 1. The summed E-state index contributed by atoms with van der Waals surface area (Å²) >= 11 is 8.05. The molecule has 4 aromatic rings. The van der Waals surface area contributed by atoms with Crippen molar-refractivity contribution in [3.63, 3.8) is 0 Å². The van der Waals surface area contributed by atoms with E-state index in [-0.39, 0.29) is 0 Å². The molecule has 4 N–H and O–H groups in total. The summed E-state index contributed by atoms with van der Waals surface area (Å²) in [6, 6.07) is 15.8. The lowest BCUT2D eigenvalue weighted by Gasteiger charge is -2.19. The molecule has 0 saturated carbocycles. The van der Waals surface area contributed by atoms with E-state index in [0.717, 1.165) is 27.0 Å². The topological polar surface area (TPSA) is 113 Å². The summed E-state index contributed by atoms with van der Waals surface area (Å²) in [4.78, 5) is 11.2. The van der Waals surface area contributed by atoms with E-state index in [1.807, 2.05) is 42.5 Å². The number of aliphatic hydroxyl groups excluding tert-OH is 1. The number of aliphatic carboxylic acids is 1. The fourth-order valence-electron chi connectivity index (χ4n) is 3.69. The molecular weight excluding hydrogens is 478 g/mol. The van der Waals surface area contributed by atoms with Gasteiger partial charge in [-0.1, -0.05) is 29.8 Å². The van der Waals surface area contributed by atoms with E-state index < -0.39 is 18.6 Å². The third-order valence-corrected chi connectivity index (χ3v) is 6.61. The van der Waals surface area contributed by atoms with Gasteiger partial charge >= 0.3 is 5.97 Å². The van der Waals surface area contributed by atoms with Crippen molar-refractivity contribution in [1.82, 2.24) is 4.37 Å². The van der Waals surface area contributed by atoms with Gasteiger partial charge in [0.1, 0.15) is 19.3 Å². The lowest BCUT2D eigenvalue weighted by molar-refractivity contribution is -0.138. The number of aliphatic hydroxyl groups is 1. The van der Waals surface area contributed by atoms with Crippen LogP contribution in [0.5, 0.6) is 11.5 Å². The van der Waals surface area contributed by atoms with Crippen molar-refractivity contribution in [1.29, 1.82) is 0 Å². The Kier molecular flexibility index (Phi) is 6.14. The van der Waals surface area contributed by atoms with Crippen LogP contribution >= 0.6 is 23.1 Å². The van der Waals surface area contributed by atoms with Crippen molar-refractivity contribution in [2.24, 2.45) is 0 Å². The molecule has 0 aliphatic carbocycles. The van der Waals surface area contributed by atoms with Crippen LogP contribution in [0.15, 0.2) is 54.6 Å². The highest BCUT2D eigenvalue weighted by molar-refractivity contribution is 7.13. The molecule has 3 aromatic carbocycles. The lowest BCUT2D eigenvalue weighted by Crippen LogP contribution is -2.32. The SMILES string of the molecule is O=C(O)C(CO)Nc1ccc2c(Nc3cccc(-c4ccc5c(c4)OCCO5)c3Cl)nsc2c1. The van der Waals surface area contributed by atoms with Crippen molar-refractivity contribution in [3.05, 3.63) is 59.6 Å². The normalized spacial score (nSPS) is 13.5. The fraction of sp³-hybridized carbons (Fsp3) is 0.167. The third-order valence-electron chi connectivity index (χ3n) is 5.40. The molecule has 0 amide bonds. The van der Waals surface area contributed by atoms with Gasteiger partial charge in [0.25, 0.3) is 0 Å². The van der Waals surface area contributed by atoms with Crippen LogP contribution in [-0.4, -0.2) is 46.4 Å². The van der Waals surface area contributed by atoms with Gasteiger partial charge in [0.15, 0.2) is 17.3 Å². The second-order valence-electron chi connectivity index (χ2n) is 7.61. The number of carbonyl (C=O) groups is 1. The molecule has 8 nitrogen and oxygen atoms in total. The van der Waals surface area contributed by atoms with Crippen molar-refractivity contribution in [2.75, 3.05) is 30.5 Å². The zero-order chi connectivity index (χ0) is 23.7. The first-order valence-corrected chi connectivity index (χ1v) is 11.6. The lowest BCUT2D eigenvalue weighted by atomic mass is 10.0. The van der Waals surface area contributed by atoms with E-state index in [2.05, 4.69) is 15.0 Å². The second kappa shape index (κ2) is 9.38. The molecule has 0 radical (unpaired) electrons. The monoisotopic (exact) mass is 497 g/mol. The molecule has 1 atom stereocenters. The number of fused-ring (bicyclic) bond motifs is 2. The second-order valence-corrected chi connectivity index (χ2v) is 8.79. The Hall–Kier alpha value is -3.53. The van der Waals surface area contributed by atoms with Crippen molar-refractivity contribution < 1.29 is 24.5 Å². The summed E-state index contributed by atoms with van der Waals surface area (Å²) in [7, 11) is 0. The Morgan fingerprint density at radius 2 is 1.94 bits per heavy atom. The van der Waals surface area contributed by atoms with E-state index in [1.54, 1.807) is 12.1 Å².